The third-order valence-electron chi connectivity index (χ3n) is 2.89. The highest BCUT2D eigenvalue weighted by molar-refractivity contribution is 9.10. The normalized spacial score (nSPS) is 12.3. The summed E-state index contributed by atoms with van der Waals surface area (Å²) in [5.74, 6) is 0.0395. The molecular formula is C14H20BrNO2. The molecule has 0 bridgehead atoms. The molecule has 0 aliphatic rings. The molecule has 1 unspecified atom stereocenters. The Kier molecular flexibility index (Phi) is 5.82. The van der Waals surface area contributed by atoms with Gasteiger partial charge in [-0.25, -0.2) is 0 Å². The van der Waals surface area contributed by atoms with E-state index in [0.717, 1.165) is 10.0 Å². The first-order valence-electron chi connectivity index (χ1n) is 6.07. The lowest BCUT2D eigenvalue weighted by Crippen LogP contribution is -2.41. The van der Waals surface area contributed by atoms with Gasteiger partial charge in [-0.3, -0.25) is 4.79 Å². The van der Waals surface area contributed by atoms with E-state index < -0.39 is 0 Å². The second-order valence-corrected chi connectivity index (χ2v) is 5.23. The van der Waals surface area contributed by atoms with E-state index in [-0.39, 0.29) is 11.9 Å². The van der Waals surface area contributed by atoms with Crippen molar-refractivity contribution in [3.63, 3.8) is 0 Å². The largest absolute Gasteiger partial charge is 0.383 e. The molecule has 0 aliphatic heterocycles. The van der Waals surface area contributed by atoms with Crippen molar-refractivity contribution in [2.45, 2.75) is 26.8 Å². The molecule has 0 spiro atoms. The summed E-state index contributed by atoms with van der Waals surface area (Å²) in [5, 5.41) is 0. The predicted molar refractivity (Wildman–Crippen MR) is 76.9 cm³/mol. The average molecular weight is 314 g/mol. The Labute approximate surface area is 117 Å². The highest BCUT2D eigenvalue weighted by Gasteiger charge is 2.21. The van der Waals surface area contributed by atoms with Crippen molar-refractivity contribution in [2.24, 2.45) is 0 Å². The van der Waals surface area contributed by atoms with Gasteiger partial charge in [0.25, 0.3) is 5.91 Å². The van der Waals surface area contributed by atoms with E-state index in [1.165, 1.54) is 0 Å². The predicted octanol–water partition coefficient (Wildman–Crippen LogP) is 3.25. The molecular weight excluding hydrogens is 294 g/mol. The van der Waals surface area contributed by atoms with Crippen molar-refractivity contribution < 1.29 is 9.53 Å². The molecule has 1 aromatic rings. The maximum atomic E-state index is 12.5. The summed E-state index contributed by atoms with van der Waals surface area (Å²) in [6.45, 7) is 7.17. The van der Waals surface area contributed by atoms with E-state index in [0.29, 0.717) is 18.7 Å². The molecule has 1 amide bonds. The van der Waals surface area contributed by atoms with E-state index in [1.54, 1.807) is 7.11 Å². The Morgan fingerprint density at radius 1 is 1.50 bits per heavy atom. The number of likely N-dealkylation sites (N-methyl/N-ethyl adjacent to an activating group) is 1. The molecule has 0 aromatic heterocycles. The third-order valence-corrected chi connectivity index (χ3v) is 3.59. The van der Waals surface area contributed by atoms with Crippen molar-refractivity contribution in [2.75, 3.05) is 20.3 Å². The van der Waals surface area contributed by atoms with Crippen molar-refractivity contribution in [3.8, 4) is 0 Å². The first-order valence-corrected chi connectivity index (χ1v) is 6.86. The number of carbonyl (C=O) groups is 1. The molecule has 0 saturated heterocycles. The summed E-state index contributed by atoms with van der Waals surface area (Å²) in [5.41, 5.74) is 1.79. The number of methoxy groups -OCH3 is 1. The Balaban J connectivity index is 2.99. The van der Waals surface area contributed by atoms with Crippen molar-refractivity contribution >= 4 is 21.8 Å². The molecule has 3 nitrogen and oxygen atoms in total. The fourth-order valence-electron chi connectivity index (χ4n) is 1.94. The van der Waals surface area contributed by atoms with E-state index in [9.17, 15) is 4.79 Å². The van der Waals surface area contributed by atoms with Crippen LogP contribution in [0.3, 0.4) is 0 Å². The minimum absolute atomic E-state index is 0.0395. The van der Waals surface area contributed by atoms with Gasteiger partial charge in [0.05, 0.1) is 18.2 Å². The van der Waals surface area contributed by atoms with E-state index in [2.05, 4.69) is 15.9 Å². The van der Waals surface area contributed by atoms with Crippen LogP contribution >= 0.6 is 15.9 Å². The molecule has 0 radical (unpaired) electrons. The van der Waals surface area contributed by atoms with Crippen LogP contribution in [0.5, 0.6) is 0 Å². The minimum atomic E-state index is 0.0395. The number of rotatable bonds is 5. The van der Waals surface area contributed by atoms with Gasteiger partial charge in [-0.1, -0.05) is 11.6 Å². The number of aryl methyl sites for hydroxylation is 1. The number of hydrogen-bond acceptors (Lipinski definition) is 2. The molecule has 4 heteroatoms. The maximum Gasteiger partial charge on any atom is 0.255 e. The fourth-order valence-corrected chi connectivity index (χ4v) is 2.36. The number of hydrogen-bond donors (Lipinski definition) is 0. The van der Waals surface area contributed by atoms with Gasteiger partial charge in [-0.15, -0.1) is 0 Å². The Morgan fingerprint density at radius 3 is 2.72 bits per heavy atom. The van der Waals surface area contributed by atoms with Crippen molar-refractivity contribution in [1.29, 1.82) is 0 Å². The second kappa shape index (κ2) is 6.90. The monoisotopic (exact) mass is 313 g/mol. The standard InChI is InChI=1S/C14H20BrNO2/c1-5-16(11(3)9-18-4)14(17)12-8-10(2)6-7-13(12)15/h6-8,11H,5,9H2,1-4H3. The number of benzene rings is 1. The third kappa shape index (κ3) is 3.56. The zero-order chi connectivity index (χ0) is 13.7. The van der Waals surface area contributed by atoms with Gasteiger partial charge < -0.3 is 9.64 Å². The Morgan fingerprint density at radius 2 is 2.17 bits per heavy atom. The van der Waals surface area contributed by atoms with Gasteiger partial charge in [0.2, 0.25) is 0 Å². The highest BCUT2D eigenvalue weighted by Crippen LogP contribution is 2.20. The van der Waals surface area contributed by atoms with Crippen LogP contribution in [0, 0.1) is 6.92 Å². The lowest BCUT2D eigenvalue weighted by molar-refractivity contribution is 0.0578. The smallest absolute Gasteiger partial charge is 0.255 e. The lowest BCUT2D eigenvalue weighted by Gasteiger charge is -2.28. The van der Waals surface area contributed by atoms with Gasteiger partial charge in [0.15, 0.2) is 0 Å². The topological polar surface area (TPSA) is 29.5 Å². The quantitative estimate of drug-likeness (QED) is 0.835. The molecule has 0 saturated carbocycles. The van der Waals surface area contributed by atoms with Gasteiger partial charge in [0, 0.05) is 18.1 Å². The Hall–Kier alpha value is -0.870. The first kappa shape index (κ1) is 15.2. The molecule has 100 valence electrons. The molecule has 1 atom stereocenters. The fraction of sp³-hybridized carbons (Fsp3) is 0.500. The van der Waals surface area contributed by atoms with Gasteiger partial charge in [-0.05, 0) is 48.8 Å². The summed E-state index contributed by atoms with van der Waals surface area (Å²) >= 11 is 3.44. The van der Waals surface area contributed by atoms with Crippen LogP contribution in [0.4, 0.5) is 0 Å². The number of carbonyl (C=O) groups excluding carboxylic acids is 1. The van der Waals surface area contributed by atoms with Crippen LogP contribution in [-0.4, -0.2) is 37.1 Å². The van der Waals surface area contributed by atoms with Gasteiger partial charge in [0.1, 0.15) is 0 Å². The number of nitrogens with zero attached hydrogens (tertiary/aromatic N) is 1. The van der Waals surface area contributed by atoms with Crippen molar-refractivity contribution in [1.82, 2.24) is 4.90 Å². The summed E-state index contributed by atoms with van der Waals surface area (Å²) in [6, 6.07) is 5.88. The zero-order valence-corrected chi connectivity index (χ0v) is 13.0. The van der Waals surface area contributed by atoms with E-state index in [1.807, 2.05) is 43.9 Å². The van der Waals surface area contributed by atoms with Crippen LogP contribution in [0.15, 0.2) is 22.7 Å². The second-order valence-electron chi connectivity index (χ2n) is 4.38. The summed E-state index contributed by atoms with van der Waals surface area (Å²) in [4.78, 5) is 14.3. The first-order chi connectivity index (χ1) is 8.51. The maximum absolute atomic E-state index is 12.5. The van der Waals surface area contributed by atoms with Crippen LogP contribution in [0.2, 0.25) is 0 Å². The summed E-state index contributed by atoms with van der Waals surface area (Å²) in [7, 11) is 1.65. The van der Waals surface area contributed by atoms with Gasteiger partial charge >= 0.3 is 0 Å². The molecule has 0 heterocycles. The number of halogens is 1. The summed E-state index contributed by atoms with van der Waals surface area (Å²) < 4.78 is 5.96. The highest BCUT2D eigenvalue weighted by atomic mass is 79.9. The van der Waals surface area contributed by atoms with Crippen LogP contribution in [-0.2, 0) is 4.74 Å². The molecule has 1 rings (SSSR count). The van der Waals surface area contributed by atoms with Crippen LogP contribution in [0.25, 0.3) is 0 Å². The number of ether oxygens (including phenoxy) is 1. The number of amides is 1. The summed E-state index contributed by atoms with van der Waals surface area (Å²) in [6.07, 6.45) is 0. The van der Waals surface area contributed by atoms with Crippen LogP contribution in [0.1, 0.15) is 29.8 Å². The molecule has 0 aliphatic carbocycles. The zero-order valence-electron chi connectivity index (χ0n) is 11.4. The average Bonchev–Trinajstić information content (AvgIpc) is 2.33. The molecule has 0 fully saturated rings. The van der Waals surface area contributed by atoms with Crippen LogP contribution < -0.4 is 0 Å². The lowest BCUT2D eigenvalue weighted by atomic mass is 10.1. The molecule has 18 heavy (non-hydrogen) atoms. The SMILES string of the molecule is CCN(C(=O)c1cc(C)ccc1Br)C(C)COC. The van der Waals surface area contributed by atoms with E-state index >= 15 is 0 Å². The molecule has 1 aromatic carbocycles. The Bertz CT molecular complexity index is 420. The van der Waals surface area contributed by atoms with Crippen molar-refractivity contribution in [3.05, 3.63) is 33.8 Å². The molecule has 0 N–H and O–H groups in total. The van der Waals surface area contributed by atoms with E-state index in [4.69, 9.17) is 4.74 Å². The van der Waals surface area contributed by atoms with Gasteiger partial charge in [-0.2, -0.15) is 0 Å². The minimum Gasteiger partial charge on any atom is -0.383 e.